The number of nitrogens with one attached hydrogen (secondary N) is 1. The number of primary amides is 1. The van der Waals surface area contributed by atoms with Gasteiger partial charge in [0.15, 0.2) is 0 Å². The van der Waals surface area contributed by atoms with Gasteiger partial charge < -0.3 is 5.73 Å². The zero-order chi connectivity index (χ0) is 9.56. The van der Waals surface area contributed by atoms with Crippen LogP contribution in [0.15, 0.2) is 0 Å². The lowest BCUT2D eigenvalue weighted by Gasteiger charge is -1.97. The maximum absolute atomic E-state index is 10.5. The fraction of sp³-hybridized carbons (Fsp3) is 0.500. The van der Waals surface area contributed by atoms with Crippen LogP contribution in [0.5, 0.6) is 0 Å². The Balaban J connectivity index is 3.53. The van der Waals surface area contributed by atoms with Crippen LogP contribution >= 0.6 is 0 Å². The van der Waals surface area contributed by atoms with Crippen molar-refractivity contribution in [1.29, 1.82) is 0 Å². The van der Waals surface area contributed by atoms with Crippen LogP contribution in [0.4, 0.5) is 0 Å². The molecule has 0 radical (unpaired) electrons. The van der Waals surface area contributed by atoms with Gasteiger partial charge >= 0.3 is 0 Å². The Morgan fingerprint density at radius 1 is 1.33 bits per heavy atom. The molecule has 0 spiro atoms. The smallest absolute Gasteiger partial charge is 0.277 e. The Kier molecular flexibility index (Phi) is 4.97. The van der Waals surface area contributed by atoms with Gasteiger partial charge in [-0.2, -0.15) is 4.28 Å². The van der Waals surface area contributed by atoms with E-state index in [1.807, 2.05) is 0 Å². The lowest BCUT2D eigenvalue weighted by molar-refractivity contribution is -0.129. The molecule has 7 nitrogen and oxygen atoms in total. The number of amides is 2. The van der Waals surface area contributed by atoms with Crippen LogP contribution in [0.2, 0.25) is 0 Å². The molecule has 0 aliphatic carbocycles. The minimum absolute atomic E-state index is 0.148. The Morgan fingerprint density at radius 2 is 1.92 bits per heavy atom. The van der Waals surface area contributed by atoms with Gasteiger partial charge in [0.25, 0.3) is 11.0 Å². The van der Waals surface area contributed by atoms with Gasteiger partial charge in [-0.3, -0.25) is 9.59 Å². The molecule has 12 heavy (non-hydrogen) atoms. The van der Waals surface area contributed by atoms with E-state index in [4.69, 9.17) is 5.73 Å². The standard InChI is InChI=1S/C4H8N2O5S/c5-3(7)1-2-4(8)6-11-12(9)10/h12H,1-2H2,(H2,5,7)(H,6,8). The van der Waals surface area contributed by atoms with E-state index in [2.05, 4.69) is 4.28 Å². The first-order valence-corrected chi connectivity index (χ1v) is 4.00. The number of hydrogen-bond donors (Lipinski definition) is 3. The van der Waals surface area contributed by atoms with Crippen molar-refractivity contribution < 1.29 is 22.3 Å². The van der Waals surface area contributed by atoms with E-state index in [0.29, 0.717) is 0 Å². The molecule has 3 N–H and O–H groups in total. The summed E-state index contributed by atoms with van der Waals surface area (Å²) in [5.41, 5.74) is 6.31. The van der Waals surface area contributed by atoms with Crippen molar-refractivity contribution in [2.75, 3.05) is 0 Å². The molecule has 0 heterocycles. The molecule has 70 valence electrons. The van der Waals surface area contributed by atoms with E-state index in [0.717, 1.165) is 0 Å². The first-order chi connectivity index (χ1) is 5.52. The molecule has 0 saturated heterocycles. The number of nitrogens with two attached hydrogens (primary N) is 1. The molecule has 0 rings (SSSR count). The molecule has 0 aromatic heterocycles. The highest BCUT2D eigenvalue weighted by molar-refractivity contribution is 7.67. The fourth-order valence-corrected chi connectivity index (χ4v) is 0.552. The van der Waals surface area contributed by atoms with E-state index in [1.165, 1.54) is 0 Å². The van der Waals surface area contributed by atoms with Crippen molar-refractivity contribution in [3.8, 4) is 0 Å². The summed E-state index contributed by atoms with van der Waals surface area (Å²) < 4.78 is 23.2. The minimum Gasteiger partial charge on any atom is -0.370 e. The number of carbonyl (C=O) groups excluding carboxylic acids is 2. The molecule has 0 unspecified atom stereocenters. The zero-order valence-corrected chi connectivity index (χ0v) is 6.87. The number of hydrogen-bond acceptors (Lipinski definition) is 5. The molecular formula is C4H8N2O5S. The molecule has 8 heteroatoms. The molecule has 0 aromatic carbocycles. The Hall–Kier alpha value is -1.15. The molecule has 0 aliphatic rings. The molecule has 0 bridgehead atoms. The van der Waals surface area contributed by atoms with Crippen molar-refractivity contribution >= 4 is 22.8 Å². The Bertz CT molecular complexity index is 240. The largest absolute Gasteiger partial charge is 0.370 e. The van der Waals surface area contributed by atoms with Gasteiger partial charge in [0.1, 0.15) is 0 Å². The number of rotatable bonds is 5. The molecule has 0 aromatic rings. The van der Waals surface area contributed by atoms with Crippen LogP contribution in [-0.4, -0.2) is 20.2 Å². The van der Waals surface area contributed by atoms with Crippen molar-refractivity contribution in [2.45, 2.75) is 12.8 Å². The molecular weight excluding hydrogens is 188 g/mol. The Morgan fingerprint density at radius 3 is 2.33 bits per heavy atom. The maximum atomic E-state index is 10.5. The van der Waals surface area contributed by atoms with Gasteiger partial charge in [0.2, 0.25) is 11.8 Å². The second-order valence-corrected chi connectivity index (χ2v) is 2.44. The molecule has 0 atom stereocenters. The predicted octanol–water partition coefficient (Wildman–Crippen LogP) is -2.17. The lowest BCUT2D eigenvalue weighted by Crippen LogP contribution is -2.24. The van der Waals surface area contributed by atoms with Crippen molar-refractivity contribution in [3.63, 3.8) is 0 Å². The van der Waals surface area contributed by atoms with Crippen LogP contribution in [0, 0.1) is 0 Å². The van der Waals surface area contributed by atoms with Gasteiger partial charge in [-0.05, 0) is 0 Å². The number of carbonyl (C=O) groups is 2. The molecule has 0 aliphatic heterocycles. The third-order valence-electron chi connectivity index (χ3n) is 0.832. The van der Waals surface area contributed by atoms with E-state index in [1.54, 1.807) is 5.48 Å². The fourth-order valence-electron chi connectivity index (χ4n) is 0.376. The van der Waals surface area contributed by atoms with Gasteiger partial charge in [-0.25, -0.2) is 13.9 Å². The van der Waals surface area contributed by atoms with E-state index in [-0.39, 0.29) is 12.8 Å². The normalized spacial score (nSPS) is 9.75. The van der Waals surface area contributed by atoms with Crippen LogP contribution in [0.3, 0.4) is 0 Å². The van der Waals surface area contributed by atoms with E-state index in [9.17, 15) is 18.0 Å². The number of hydroxylamine groups is 1. The van der Waals surface area contributed by atoms with Crippen LogP contribution in [0.25, 0.3) is 0 Å². The highest BCUT2D eigenvalue weighted by Gasteiger charge is 2.03. The second-order valence-electron chi connectivity index (χ2n) is 1.81. The highest BCUT2D eigenvalue weighted by Crippen LogP contribution is 1.86. The van der Waals surface area contributed by atoms with Crippen LogP contribution < -0.4 is 11.2 Å². The lowest BCUT2D eigenvalue weighted by atomic mass is 10.3. The SMILES string of the molecule is NC(=O)CCC(=O)NO[SH](=O)=O. The third-order valence-corrected chi connectivity index (χ3v) is 1.07. The van der Waals surface area contributed by atoms with E-state index >= 15 is 0 Å². The van der Waals surface area contributed by atoms with Crippen molar-refractivity contribution in [3.05, 3.63) is 0 Å². The predicted molar refractivity (Wildman–Crippen MR) is 38.0 cm³/mol. The zero-order valence-electron chi connectivity index (χ0n) is 5.98. The summed E-state index contributed by atoms with van der Waals surface area (Å²) in [5, 5.41) is 0. The van der Waals surface area contributed by atoms with E-state index < -0.39 is 22.8 Å². The van der Waals surface area contributed by atoms with Gasteiger partial charge in [-0.1, -0.05) is 0 Å². The summed E-state index contributed by atoms with van der Waals surface area (Å²) in [6.45, 7) is 0. The average molecular weight is 196 g/mol. The van der Waals surface area contributed by atoms with Gasteiger partial charge in [0.05, 0.1) is 0 Å². The quantitative estimate of drug-likeness (QED) is 0.341. The summed E-state index contributed by atoms with van der Waals surface area (Å²) >= 11 is 0. The van der Waals surface area contributed by atoms with Crippen molar-refractivity contribution in [2.24, 2.45) is 5.73 Å². The molecule has 2 amide bonds. The monoisotopic (exact) mass is 196 g/mol. The van der Waals surface area contributed by atoms with Crippen LogP contribution in [-0.2, 0) is 24.9 Å². The second kappa shape index (κ2) is 5.49. The minimum atomic E-state index is -3.11. The van der Waals surface area contributed by atoms with Gasteiger partial charge in [-0.15, -0.1) is 0 Å². The maximum Gasteiger partial charge on any atom is 0.277 e. The highest BCUT2D eigenvalue weighted by atomic mass is 32.2. The number of thiol groups is 1. The first kappa shape index (κ1) is 10.8. The average Bonchev–Trinajstić information content (AvgIpc) is 1.96. The van der Waals surface area contributed by atoms with Gasteiger partial charge in [0, 0.05) is 12.8 Å². The summed E-state index contributed by atoms with van der Waals surface area (Å²) in [6.07, 6.45) is -0.344. The summed E-state index contributed by atoms with van der Waals surface area (Å²) in [5.74, 6) is -1.36. The Labute approximate surface area is 70.0 Å². The summed E-state index contributed by atoms with van der Waals surface area (Å²) in [6, 6.07) is 0. The van der Waals surface area contributed by atoms with Crippen molar-refractivity contribution in [1.82, 2.24) is 5.48 Å². The topological polar surface area (TPSA) is 116 Å². The molecule has 0 saturated carbocycles. The van der Waals surface area contributed by atoms with Crippen LogP contribution in [0.1, 0.15) is 12.8 Å². The molecule has 0 fully saturated rings. The summed E-state index contributed by atoms with van der Waals surface area (Å²) in [7, 11) is -3.11. The summed E-state index contributed by atoms with van der Waals surface area (Å²) in [4.78, 5) is 20.7. The third kappa shape index (κ3) is 6.96. The first-order valence-electron chi connectivity index (χ1n) is 2.91.